The number of carboxylic acids is 1. The third kappa shape index (κ3) is 3.25. The summed E-state index contributed by atoms with van der Waals surface area (Å²) in [6, 6.07) is -0.428. The van der Waals surface area contributed by atoms with E-state index < -0.39 is 12.0 Å². The van der Waals surface area contributed by atoms with Crippen LogP contribution in [0, 0.1) is 5.41 Å². The third-order valence-electron chi connectivity index (χ3n) is 6.04. The predicted molar refractivity (Wildman–Crippen MR) is 95.1 cm³/mol. The predicted octanol–water partition coefficient (Wildman–Crippen LogP) is 0.746. The Bertz CT molecular complexity index is 696. The molecule has 0 unspecified atom stereocenters. The smallest absolute Gasteiger partial charge is 0.320 e. The molecule has 0 aliphatic carbocycles. The fourth-order valence-electron chi connectivity index (χ4n) is 4.38. The van der Waals surface area contributed by atoms with Gasteiger partial charge in [-0.15, -0.1) is 0 Å². The number of aliphatic carboxylic acids is 1. The minimum atomic E-state index is -0.761. The van der Waals surface area contributed by atoms with Crippen molar-refractivity contribution in [2.75, 3.05) is 37.6 Å². The molecule has 0 aromatic carbocycles. The van der Waals surface area contributed by atoms with Gasteiger partial charge in [0.1, 0.15) is 17.6 Å². The molecule has 1 amide bonds. The first-order chi connectivity index (χ1) is 12.6. The van der Waals surface area contributed by atoms with E-state index in [0.717, 1.165) is 64.2 Å². The van der Waals surface area contributed by atoms with Gasteiger partial charge in [-0.1, -0.05) is 0 Å². The molecule has 1 atom stereocenters. The number of nitrogens with one attached hydrogen (secondary N) is 1. The SMILES string of the molecule is O=C(O)[C@H]1CC2(CCN(c3cncc(C(=O)N4CCCC4)n3)CC2)CN1. The molecule has 140 valence electrons. The van der Waals surface area contributed by atoms with Crippen molar-refractivity contribution in [3.8, 4) is 0 Å². The number of carboxylic acid groups (broad SMARTS) is 1. The molecule has 0 bridgehead atoms. The summed E-state index contributed by atoms with van der Waals surface area (Å²) in [6.45, 7) is 3.98. The lowest BCUT2D eigenvalue weighted by Gasteiger charge is -2.39. The molecule has 3 aliphatic heterocycles. The number of piperidine rings is 1. The molecule has 8 heteroatoms. The van der Waals surface area contributed by atoms with Crippen molar-refractivity contribution in [2.24, 2.45) is 5.41 Å². The lowest BCUT2D eigenvalue weighted by Crippen LogP contribution is -2.41. The monoisotopic (exact) mass is 359 g/mol. The van der Waals surface area contributed by atoms with Gasteiger partial charge in [0.15, 0.2) is 0 Å². The van der Waals surface area contributed by atoms with Crippen LogP contribution in [0.2, 0.25) is 0 Å². The average Bonchev–Trinajstić information content (AvgIpc) is 3.33. The molecule has 8 nitrogen and oxygen atoms in total. The Kier molecular flexibility index (Phi) is 4.52. The van der Waals surface area contributed by atoms with E-state index in [9.17, 15) is 14.7 Å². The van der Waals surface area contributed by atoms with Gasteiger partial charge in [0.25, 0.3) is 5.91 Å². The highest BCUT2D eigenvalue weighted by atomic mass is 16.4. The van der Waals surface area contributed by atoms with Crippen LogP contribution in [0.1, 0.15) is 42.6 Å². The number of amides is 1. The minimum absolute atomic E-state index is 0.0328. The molecule has 4 heterocycles. The first kappa shape index (κ1) is 17.2. The van der Waals surface area contributed by atoms with Crippen molar-refractivity contribution in [1.82, 2.24) is 20.2 Å². The van der Waals surface area contributed by atoms with E-state index in [1.807, 2.05) is 4.90 Å². The standard InChI is InChI=1S/C18H25N5O3/c24-16(23-5-1-2-6-23)14-10-19-11-15(21-14)22-7-3-18(4-8-22)9-13(17(25)26)20-12-18/h10-11,13,20H,1-9,12H2,(H,25,26)/t13-/m1/s1. The molecule has 4 rings (SSSR count). The lowest BCUT2D eigenvalue weighted by molar-refractivity contribution is -0.139. The van der Waals surface area contributed by atoms with Gasteiger partial charge in [0.2, 0.25) is 0 Å². The van der Waals surface area contributed by atoms with Gasteiger partial charge >= 0.3 is 5.97 Å². The van der Waals surface area contributed by atoms with E-state index in [-0.39, 0.29) is 11.3 Å². The van der Waals surface area contributed by atoms with Crippen molar-refractivity contribution < 1.29 is 14.7 Å². The highest BCUT2D eigenvalue weighted by Crippen LogP contribution is 2.40. The molecule has 1 aromatic rings. The average molecular weight is 359 g/mol. The molecular formula is C18H25N5O3. The summed E-state index contributed by atoms with van der Waals surface area (Å²) in [4.78, 5) is 36.5. The van der Waals surface area contributed by atoms with Gasteiger partial charge < -0.3 is 20.2 Å². The summed E-state index contributed by atoms with van der Waals surface area (Å²) < 4.78 is 0. The summed E-state index contributed by atoms with van der Waals surface area (Å²) in [6.07, 6.45) is 7.91. The van der Waals surface area contributed by atoms with E-state index in [2.05, 4.69) is 20.2 Å². The Morgan fingerprint density at radius 2 is 1.88 bits per heavy atom. The number of carbonyl (C=O) groups is 2. The summed E-state index contributed by atoms with van der Waals surface area (Å²) in [5, 5.41) is 12.3. The molecule has 1 spiro atoms. The zero-order valence-corrected chi connectivity index (χ0v) is 14.9. The highest BCUT2D eigenvalue weighted by molar-refractivity contribution is 5.92. The van der Waals surface area contributed by atoms with E-state index in [1.165, 1.54) is 0 Å². The maximum atomic E-state index is 12.5. The van der Waals surface area contributed by atoms with Gasteiger partial charge in [-0.05, 0) is 37.5 Å². The lowest BCUT2D eigenvalue weighted by atomic mass is 9.76. The fraction of sp³-hybridized carbons (Fsp3) is 0.667. The van der Waals surface area contributed by atoms with Crippen LogP contribution in [0.4, 0.5) is 5.82 Å². The van der Waals surface area contributed by atoms with Crippen LogP contribution >= 0.6 is 0 Å². The zero-order valence-electron chi connectivity index (χ0n) is 14.9. The van der Waals surface area contributed by atoms with Crippen LogP contribution in [0.15, 0.2) is 12.4 Å². The van der Waals surface area contributed by atoms with E-state index in [4.69, 9.17) is 0 Å². The number of anilines is 1. The maximum Gasteiger partial charge on any atom is 0.320 e. The largest absolute Gasteiger partial charge is 0.480 e. The molecule has 3 aliphatic rings. The number of likely N-dealkylation sites (tertiary alicyclic amines) is 1. The van der Waals surface area contributed by atoms with Crippen LogP contribution in [0.3, 0.4) is 0 Å². The second-order valence-electron chi connectivity index (χ2n) is 7.72. The Morgan fingerprint density at radius 1 is 1.15 bits per heavy atom. The zero-order chi connectivity index (χ0) is 18.1. The molecule has 3 saturated heterocycles. The van der Waals surface area contributed by atoms with Crippen molar-refractivity contribution in [1.29, 1.82) is 0 Å². The van der Waals surface area contributed by atoms with Gasteiger partial charge in [-0.3, -0.25) is 14.6 Å². The second kappa shape index (κ2) is 6.83. The van der Waals surface area contributed by atoms with Gasteiger partial charge in [0, 0.05) is 32.7 Å². The van der Waals surface area contributed by atoms with Crippen molar-refractivity contribution >= 4 is 17.7 Å². The summed E-state index contributed by atoms with van der Waals surface area (Å²) >= 11 is 0. The number of carbonyl (C=O) groups excluding carboxylic acids is 1. The second-order valence-corrected chi connectivity index (χ2v) is 7.72. The number of aromatic nitrogens is 2. The first-order valence-electron chi connectivity index (χ1n) is 9.39. The first-order valence-corrected chi connectivity index (χ1v) is 9.39. The van der Waals surface area contributed by atoms with E-state index in [0.29, 0.717) is 12.1 Å². The highest BCUT2D eigenvalue weighted by Gasteiger charge is 2.43. The van der Waals surface area contributed by atoms with Crippen molar-refractivity contribution in [3.05, 3.63) is 18.1 Å². The summed E-state index contributed by atoms with van der Waals surface area (Å²) in [5.41, 5.74) is 0.480. The number of hydrogen-bond donors (Lipinski definition) is 2. The van der Waals surface area contributed by atoms with E-state index in [1.54, 1.807) is 12.4 Å². The van der Waals surface area contributed by atoms with Crippen LogP contribution in [-0.4, -0.2) is 70.6 Å². The van der Waals surface area contributed by atoms with Gasteiger partial charge in [0.05, 0.1) is 12.4 Å². The Balaban J connectivity index is 1.41. The van der Waals surface area contributed by atoms with Crippen LogP contribution in [-0.2, 0) is 4.79 Å². The van der Waals surface area contributed by atoms with Crippen LogP contribution in [0.5, 0.6) is 0 Å². The van der Waals surface area contributed by atoms with E-state index >= 15 is 0 Å². The molecule has 0 saturated carbocycles. The molecule has 1 aromatic heterocycles. The van der Waals surface area contributed by atoms with Gasteiger partial charge in [-0.2, -0.15) is 0 Å². The van der Waals surface area contributed by atoms with Crippen LogP contribution < -0.4 is 10.2 Å². The normalized spacial score (nSPS) is 25.0. The number of rotatable bonds is 3. The van der Waals surface area contributed by atoms with Crippen molar-refractivity contribution in [2.45, 2.75) is 38.1 Å². The Hall–Kier alpha value is -2.22. The summed E-state index contributed by atoms with van der Waals surface area (Å²) in [5.74, 6) is -0.0523. The number of hydrogen-bond acceptors (Lipinski definition) is 6. The Morgan fingerprint density at radius 3 is 2.54 bits per heavy atom. The van der Waals surface area contributed by atoms with Crippen molar-refractivity contribution in [3.63, 3.8) is 0 Å². The molecule has 3 fully saturated rings. The molecule has 0 radical (unpaired) electrons. The maximum absolute atomic E-state index is 12.5. The Labute approximate surface area is 152 Å². The topological polar surface area (TPSA) is 98.7 Å². The summed E-state index contributed by atoms with van der Waals surface area (Å²) in [7, 11) is 0. The fourth-order valence-corrected chi connectivity index (χ4v) is 4.38. The van der Waals surface area contributed by atoms with Crippen LogP contribution in [0.25, 0.3) is 0 Å². The minimum Gasteiger partial charge on any atom is -0.480 e. The molecule has 2 N–H and O–H groups in total. The molecule has 26 heavy (non-hydrogen) atoms. The van der Waals surface area contributed by atoms with Gasteiger partial charge in [-0.25, -0.2) is 4.98 Å². The molecular weight excluding hydrogens is 334 g/mol. The number of nitrogens with zero attached hydrogens (tertiary/aromatic N) is 4. The third-order valence-corrected chi connectivity index (χ3v) is 6.04. The quantitative estimate of drug-likeness (QED) is 0.821.